The molecule has 1 aromatic heterocycles. The summed E-state index contributed by atoms with van der Waals surface area (Å²) in [6, 6.07) is 0.586. The van der Waals surface area contributed by atoms with Crippen LogP contribution in [0.15, 0.2) is 12.4 Å². The minimum Gasteiger partial charge on any atom is -0.476 e. The molecule has 1 unspecified atom stereocenters. The Morgan fingerprint density at radius 1 is 1.56 bits per heavy atom. The molecule has 0 saturated carbocycles. The smallest absolute Gasteiger partial charge is 0.243 e. The highest BCUT2D eigenvalue weighted by atomic mass is 16.5. The van der Waals surface area contributed by atoms with Gasteiger partial charge in [-0.05, 0) is 32.9 Å². The van der Waals surface area contributed by atoms with E-state index < -0.39 is 0 Å². The Labute approximate surface area is 107 Å². The Kier molecular flexibility index (Phi) is 4.09. The summed E-state index contributed by atoms with van der Waals surface area (Å²) in [7, 11) is 2.14. The predicted molar refractivity (Wildman–Crippen MR) is 68.8 cm³/mol. The number of rotatable bonds is 5. The number of ether oxygens (including phenoxy) is 1. The van der Waals surface area contributed by atoms with Crippen molar-refractivity contribution in [2.75, 3.05) is 20.2 Å². The lowest BCUT2D eigenvalue weighted by molar-refractivity contribution is 0.228. The molecule has 2 heterocycles. The minimum absolute atomic E-state index is 0.115. The summed E-state index contributed by atoms with van der Waals surface area (Å²) in [5.74, 6) is 0.238. The number of nitrogens with zero attached hydrogens (tertiary/aromatic N) is 3. The number of amidine groups is 1. The maximum Gasteiger partial charge on any atom is 0.243 e. The normalized spacial score (nSPS) is 19.9. The van der Waals surface area contributed by atoms with E-state index in [0.717, 1.165) is 13.0 Å². The van der Waals surface area contributed by atoms with Crippen LogP contribution in [-0.2, 0) is 0 Å². The van der Waals surface area contributed by atoms with Gasteiger partial charge in [-0.1, -0.05) is 0 Å². The van der Waals surface area contributed by atoms with Gasteiger partial charge in [-0.25, -0.2) is 9.97 Å². The Morgan fingerprint density at radius 2 is 2.33 bits per heavy atom. The Bertz CT molecular complexity index is 423. The van der Waals surface area contributed by atoms with E-state index in [1.165, 1.54) is 19.0 Å². The SMILES string of the molecule is CN1CCCC1CCOc1nccnc1C(=N)N. The molecule has 1 fully saturated rings. The van der Waals surface area contributed by atoms with Gasteiger partial charge in [0.15, 0.2) is 5.69 Å². The zero-order valence-corrected chi connectivity index (χ0v) is 10.6. The molecule has 0 aromatic carbocycles. The molecule has 6 nitrogen and oxygen atoms in total. The first-order chi connectivity index (χ1) is 8.68. The van der Waals surface area contributed by atoms with Crippen LogP contribution in [0.5, 0.6) is 5.88 Å². The lowest BCUT2D eigenvalue weighted by atomic mass is 10.1. The summed E-state index contributed by atoms with van der Waals surface area (Å²) < 4.78 is 5.59. The zero-order chi connectivity index (χ0) is 13.0. The molecular weight excluding hydrogens is 230 g/mol. The molecule has 0 aliphatic carbocycles. The number of hydrogen-bond acceptors (Lipinski definition) is 5. The Morgan fingerprint density at radius 3 is 3.00 bits per heavy atom. The molecular formula is C12H19N5O. The first-order valence-electron chi connectivity index (χ1n) is 6.17. The third-order valence-electron chi connectivity index (χ3n) is 3.28. The van der Waals surface area contributed by atoms with Crippen molar-refractivity contribution < 1.29 is 4.74 Å². The molecule has 18 heavy (non-hydrogen) atoms. The average molecular weight is 249 g/mol. The maximum atomic E-state index is 7.40. The van der Waals surface area contributed by atoms with Crippen LogP contribution in [0, 0.1) is 5.41 Å². The second-order valence-electron chi connectivity index (χ2n) is 4.54. The van der Waals surface area contributed by atoms with E-state index in [-0.39, 0.29) is 5.84 Å². The van der Waals surface area contributed by atoms with Crippen LogP contribution in [0.4, 0.5) is 0 Å². The number of nitrogens with one attached hydrogen (secondary N) is 1. The Balaban J connectivity index is 1.88. The van der Waals surface area contributed by atoms with Gasteiger partial charge in [-0.15, -0.1) is 0 Å². The van der Waals surface area contributed by atoms with Gasteiger partial charge in [0, 0.05) is 18.4 Å². The van der Waals surface area contributed by atoms with E-state index in [2.05, 4.69) is 21.9 Å². The molecule has 6 heteroatoms. The number of hydrogen-bond donors (Lipinski definition) is 2. The fraction of sp³-hybridized carbons (Fsp3) is 0.583. The van der Waals surface area contributed by atoms with Crippen LogP contribution in [0.1, 0.15) is 25.0 Å². The van der Waals surface area contributed by atoms with Gasteiger partial charge in [0.25, 0.3) is 0 Å². The van der Waals surface area contributed by atoms with Crippen LogP contribution in [0.25, 0.3) is 0 Å². The molecule has 1 aliphatic heterocycles. The van der Waals surface area contributed by atoms with Crippen molar-refractivity contribution in [3.05, 3.63) is 18.1 Å². The molecule has 1 atom stereocenters. The Hall–Kier alpha value is -1.69. The van der Waals surface area contributed by atoms with Gasteiger partial charge in [-0.2, -0.15) is 0 Å². The van der Waals surface area contributed by atoms with E-state index in [4.69, 9.17) is 15.9 Å². The summed E-state index contributed by atoms with van der Waals surface area (Å²) in [6.45, 7) is 1.74. The first-order valence-corrected chi connectivity index (χ1v) is 6.17. The highest BCUT2D eigenvalue weighted by Gasteiger charge is 2.20. The fourth-order valence-corrected chi connectivity index (χ4v) is 2.25. The van der Waals surface area contributed by atoms with E-state index >= 15 is 0 Å². The van der Waals surface area contributed by atoms with Crippen LogP contribution in [-0.4, -0.2) is 46.9 Å². The average Bonchev–Trinajstić information content (AvgIpc) is 2.76. The van der Waals surface area contributed by atoms with Gasteiger partial charge < -0.3 is 15.4 Å². The van der Waals surface area contributed by atoms with Crippen molar-refractivity contribution >= 4 is 5.84 Å². The summed E-state index contributed by atoms with van der Waals surface area (Å²) >= 11 is 0. The van der Waals surface area contributed by atoms with E-state index in [1.54, 1.807) is 6.20 Å². The van der Waals surface area contributed by atoms with Crippen LogP contribution >= 0.6 is 0 Å². The molecule has 0 spiro atoms. The predicted octanol–water partition coefficient (Wildman–Crippen LogP) is 0.624. The van der Waals surface area contributed by atoms with Gasteiger partial charge in [-0.3, -0.25) is 5.41 Å². The van der Waals surface area contributed by atoms with E-state index in [1.807, 2.05) is 0 Å². The first kappa shape index (κ1) is 12.8. The van der Waals surface area contributed by atoms with Crippen LogP contribution in [0.2, 0.25) is 0 Å². The molecule has 0 amide bonds. The van der Waals surface area contributed by atoms with Crippen LogP contribution < -0.4 is 10.5 Å². The number of likely N-dealkylation sites (tertiary alicyclic amines) is 1. The van der Waals surface area contributed by atoms with Crippen molar-refractivity contribution in [1.29, 1.82) is 5.41 Å². The topological polar surface area (TPSA) is 88.1 Å². The molecule has 1 aliphatic rings. The monoisotopic (exact) mass is 249 g/mol. The van der Waals surface area contributed by atoms with E-state index in [0.29, 0.717) is 24.2 Å². The van der Waals surface area contributed by atoms with Crippen molar-refractivity contribution in [3.63, 3.8) is 0 Å². The summed E-state index contributed by atoms with van der Waals surface area (Å²) in [5.41, 5.74) is 5.74. The number of aromatic nitrogens is 2. The van der Waals surface area contributed by atoms with E-state index in [9.17, 15) is 0 Å². The third kappa shape index (κ3) is 2.95. The molecule has 1 saturated heterocycles. The highest BCUT2D eigenvalue weighted by Crippen LogP contribution is 2.18. The second kappa shape index (κ2) is 5.77. The lowest BCUT2D eigenvalue weighted by Gasteiger charge is -2.19. The minimum atomic E-state index is -0.115. The quantitative estimate of drug-likeness (QED) is 0.590. The summed E-state index contributed by atoms with van der Waals surface area (Å²) in [6.07, 6.45) is 6.49. The van der Waals surface area contributed by atoms with Crippen molar-refractivity contribution in [1.82, 2.24) is 14.9 Å². The van der Waals surface area contributed by atoms with Crippen molar-refractivity contribution in [2.24, 2.45) is 5.73 Å². The summed E-state index contributed by atoms with van der Waals surface area (Å²) in [4.78, 5) is 10.4. The second-order valence-corrected chi connectivity index (χ2v) is 4.54. The number of nitrogen functional groups attached to an aromatic ring is 1. The molecule has 0 radical (unpaired) electrons. The van der Waals surface area contributed by atoms with Gasteiger partial charge in [0.1, 0.15) is 5.84 Å². The van der Waals surface area contributed by atoms with Crippen molar-refractivity contribution in [3.8, 4) is 5.88 Å². The fourth-order valence-electron chi connectivity index (χ4n) is 2.25. The van der Waals surface area contributed by atoms with Crippen molar-refractivity contribution in [2.45, 2.75) is 25.3 Å². The summed E-state index contributed by atoms with van der Waals surface area (Å²) in [5, 5.41) is 7.40. The van der Waals surface area contributed by atoms with Gasteiger partial charge in [0.05, 0.1) is 6.61 Å². The number of nitrogens with two attached hydrogens (primary N) is 1. The van der Waals surface area contributed by atoms with Gasteiger partial charge in [0.2, 0.25) is 5.88 Å². The molecule has 98 valence electrons. The molecule has 1 aromatic rings. The highest BCUT2D eigenvalue weighted by molar-refractivity contribution is 5.94. The maximum absolute atomic E-state index is 7.40. The largest absolute Gasteiger partial charge is 0.476 e. The molecule has 3 N–H and O–H groups in total. The lowest BCUT2D eigenvalue weighted by Crippen LogP contribution is -2.27. The van der Waals surface area contributed by atoms with Crippen LogP contribution in [0.3, 0.4) is 0 Å². The van der Waals surface area contributed by atoms with Gasteiger partial charge >= 0.3 is 0 Å². The standard InChI is InChI=1S/C12H19N5O/c1-17-7-2-3-9(17)4-8-18-12-10(11(13)14)15-5-6-16-12/h5-6,9H,2-4,7-8H2,1H3,(H3,13,14). The third-order valence-corrected chi connectivity index (χ3v) is 3.28. The molecule has 0 bridgehead atoms. The molecule has 2 rings (SSSR count). The zero-order valence-electron chi connectivity index (χ0n) is 10.6.